The van der Waals surface area contributed by atoms with E-state index in [1.165, 1.54) is 19.1 Å². The molecule has 0 aromatic heterocycles. The number of nitrogens with one attached hydrogen (secondary N) is 1. The molecule has 4 aliphatic carbocycles. The molecular weight excluding hydrogens is 851 g/mol. The fraction of sp³-hybridized carbons (Fsp3) is 0.490. The number of hydrogen-bond donors (Lipinski definition) is 4. The average Bonchev–Trinajstić information content (AvgIpc) is 3.85. The molecular formula is C51H57NO14. The molecule has 0 spiro atoms. The summed E-state index contributed by atoms with van der Waals surface area (Å²) < 4.78 is 31.2. The molecule has 350 valence electrons. The number of carbonyl (C=O) groups is 6. The summed E-state index contributed by atoms with van der Waals surface area (Å²) in [5.74, 6) is -7.01. The number of aliphatic hydroxyl groups excluding tert-OH is 2. The summed E-state index contributed by atoms with van der Waals surface area (Å²) in [7, 11) is 0. The minimum atomic E-state index is -2.39. The lowest BCUT2D eigenvalue weighted by Gasteiger charge is -2.67. The summed E-state index contributed by atoms with van der Waals surface area (Å²) in [6, 6.07) is 23.1. The fourth-order valence-corrected chi connectivity index (χ4v) is 11.3. The van der Waals surface area contributed by atoms with E-state index >= 15 is 4.79 Å². The smallest absolute Gasteiger partial charge is 0.338 e. The van der Waals surface area contributed by atoms with Crippen LogP contribution in [-0.4, -0.2) is 105 Å². The maximum Gasteiger partial charge on any atom is 0.338 e. The van der Waals surface area contributed by atoms with E-state index in [9.17, 15) is 39.3 Å². The predicted octanol–water partition coefficient (Wildman–Crippen LogP) is 4.91. The zero-order valence-electron chi connectivity index (χ0n) is 37.6. The topological polar surface area (TPSA) is 221 Å². The van der Waals surface area contributed by atoms with Crippen molar-refractivity contribution in [2.75, 3.05) is 6.61 Å². The lowest BCUT2D eigenvalue weighted by molar-refractivity contribution is -0.347. The van der Waals surface area contributed by atoms with Crippen LogP contribution in [0.15, 0.2) is 102 Å². The quantitative estimate of drug-likeness (QED) is 0.114. The molecule has 1 amide bonds. The van der Waals surface area contributed by atoms with E-state index in [1.807, 2.05) is 0 Å². The molecule has 15 nitrogen and oxygen atoms in total. The van der Waals surface area contributed by atoms with Crippen LogP contribution in [0.3, 0.4) is 0 Å². The maximum atomic E-state index is 15.7. The molecule has 4 N–H and O–H groups in total. The molecule has 1 heterocycles. The van der Waals surface area contributed by atoms with Crippen molar-refractivity contribution in [1.29, 1.82) is 0 Å². The standard InChI is InChI=1S/C51H57NO14/c1-28-34(64-47(60)39(55)38(30-17-9-6-10-18-30)52-44(57)31-19-11-7-12-20-31)26-51(61)43(65-45(58)32-21-13-8-14-22-32)41-49(5,42(56)40(63-29(2)53)37(28)48(51,3)4)35(54)25-36-50(41,27-62-36)66-46(59)33-23-15-16-24-33/h6-14,17-22,33-36,38-41,43,54-55,61H,15-16,23-27H2,1-5H3,(H,52,57). The molecule has 3 aromatic carbocycles. The number of Topliss-reactive ketones (excluding diaryl/α,β-unsaturated/α-hetero) is 1. The number of carbonyl (C=O) groups excluding carboxylic acids is 6. The van der Waals surface area contributed by atoms with Crippen LogP contribution in [0.5, 0.6) is 0 Å². The van der Waals surface area contributed by atoms with Crippen LogP contribution < -0.4 is 5.32 Å². The second-order valence-corrected chi connectivity index (χ2v) is 19.2. The molecule has 0 radical (unpaired) electrons. The number of benzene rings is 3. The van der Waals surface area contributed by atoms with Crippen molar-refractivity contribution >= 4 is 35.6 Å². The highest BCUT2D eigenvalue weighted by Crippen LogP contribution is 2.64. The summed E-state index contributed by atoms with van der Waals surface area (Å²) in [6.45, 7) is 6.98. The normalized spacial score (nSPS) is 32.2. The third kappa shape index (κ3) is 7.82. The molecule has 15 heteroatoms. The first-order valence-electron chi connectivity index (χ1n) is 22.6. The second-order valence-electron chi connectivity index (χ2n) is 19.2. The Hall–Kier alpha value is -5.74. The summed E-state index contributed by atoms with van der Waals surface area (Å²) in [5, 5.41) is 40.8. The van der Waals surface area contributed by atoms with E-state index in [0.717, 1.165) is 19.8 Å². The molecule has 11 atom stereocenters. The Morgan fingerprint density at radius 3 is 2.00 bits per heavy atom. The minimum Gasteiger partial charge on any atom is -0.456 e. The molecule has 2 bridgehead atoms. The van der Waals surface area contributed by atoms with Crippen LogP contribution in [0.2, 0.25) is 0 Å². The van der Waals surface area contributed by atoms with Crippen molar-refractivity contribution in [3.05, 3.63) is 119 Å². The van der Waals surface area contributed by atoms with Gasteiger partial charge >= 0.3 is 23.9 Å². The van der Waals surface area contributed by atoms with Crippen LogP contribution >= 0.6 is 0 Å². The predicted molar refractivity (Wildman–Crippen MR) is 234 cm³/mol. The minimum absolute atomic E-state index is 0.0114. The van der Waals surface area contributed by atoms with E-state index in [2.05, 4.69) is 5.32 Å². The Morgan fingerprint density at radius 2 is 1.42 bits per heavy atom. The highest BCUT2D eigenvalue weighted by atomic mass is 16.6. The van der Waals surface area contributed by atoms with E-state index in [4.69, 9.17) is 23.7 Å². The highest BCUT2D eigenvalue weighted by Gasteiger charge is 2.78. The van der Waals surface area contributed by atoms with Crippen molar-refractivity contribution in [3.8, 4) is 0 Å². The van der Waals surface area contributed by atoms with Crippen molar-refractivity contribution < 1.29 is 67.8 Å². The van der Waals surface area contributed by atoms with Gasteiger partial charge in [-0.05, 0) is 67.7 Å². The highest BCUT2D eigenvalue weighted by molar-refractivity contribution is 5.96. The Bertz CT molecular complexity index is 2400. The van der Waals surface area contributed by atoms with Gasteiger partial charge in [0.05, 0.1) is 41.6 Å². The van der Waals surface area contributed by atoms with E-state index in [-0.39, 0.29) is 35.3 Å². The van der Waals surface area contributed by atoms with Crippen molar-refractivity contribution in [1.82, 2.24) is 5.32 Å². The maximum absolute atomic E-state index is 15.7. The number of hydrogen-bond acceptors (Lipinski definition) is 14. The van der Waals surface area contributed by atoms with Crippen molar-refractivity contribution in [3.63, 3.8) is 0 Å². The van der Waals surface area contributed by atoms with Gasteiger partial charge in [0.1, 0.15) is 23.9 Å². The van der Waals surface area contributed by atoms with Crippen LogP contribution in [0.1, 0.15) is 105 Å². The summed E-state index contributed by atoms with van der Waals surface area (Å²) in [5.41, 5.74) is -6.96. The van der Waals surface area contributed by atoms with E-state index in [1.54, 1.807) is 99.6 Å². The number of ether oxygens (including phenoxy) is 5. The summed E-state index contributed by atoms with van der Waals surface area (Å²) in [6.07, 6.45) is -7.72. The van der Waals surface area contributed by atoms with Gasteiger partial charge in [-0.15, -0.1) is 0 Å². The van der Waals surface area contributed by atoms with Crippen LogP contribution in [0, 0.1) is 22.7 Å². The first kappa shape index (κ1) is 46.8. The SMILES string of the molecule is CC(=O)OC1C(=O)C2(C)C(O)CC3OCC3(OC(=O)C3CCCC3)C2C(OC(=O)c2ccccc2)C2(O)CC(OC(=O)C(O)C(NC(=O)c3ccccc3)c3ccccc3)C(C)=C1C2(C)C. The fourth-order valence-electron chi connectivity index (χ4n) is 11.3. The molecule has 3 aromatic rings. The van der Waals surface area contributed by atoms with Gasteiger partial charge in [0.15, 0.2) is 23.6 Å². The van der Waals surface area contributed by atoms with Crippen molar-refractivity contribution in [2.45, 2.75) is 127 Å². The Kier molecular flexibility index (Phi) is 12.6. The Balaban J connectivity index is 1.28. The van der Waals surface area contributed by atoms with Gasteiger partial charge in [0, 0.05) is 30.7 Å². The molecule has 66 heavy (non-hydrogen) atoms. The van der Waals surface area contributed by atoms with Gasteiger partial charge in [-0.1, -0.05) is 93.4 Å². The summed E-state index contributed by atoms with van der Waals surface area (Å²) in [4.78, 5) is 85.5. The number of fused-ring (bicyclic) bond motifs is 5. The van der Waals surface area contributed by atoms with Gasteiger partial charge in [0.2, 0.25) is 0 Å². The average molecular weight is 908 g/mol. The monoisotopic (exact) mass is 907 g/mol. The zero-order chi connectivity index (χ0) is 47.3. The van der Waals surface area contributed by atoms with Gasteiger partial charge in [0.25, 0.3) is 5.91 Å². The Labute approximate surface area is 382 Å². The van der Waals surface area contributed by atoms with Gasteiger partial charge in [-0.3, -0.25) is 19.2 Å². The van der Waals surface area contributed by atoms with Gasteiger partial charge in [-0.25, -0.2) is 9.59 Å². The van der Waals surface area contributed by atoms with E-state index in [0.29, 0.717) is 18.4 Å². The number of esters is 4. The van der Waals surface area contributed by atoms with Crippen LogP contribution in [0.4, 0.5) is 0 Å². The van der Waals surface area contributed by atoms with Gasteiger partial charge < -0.3 is 44.3 Å². The van der Waals surface area contributed by atoms with Crippen LogP contribution in [0.25, 0.3) is 0 Å². The number of ketones is 1. The Morgan fingerprint density at radius 1 is 0.833 bits per heavy atom. The zero-order valence-corrected chi connectivity index (χ0v) is 37.6. The lowest BCUT2D eigenvalue weighted by Crippen LogP contribution is -2.82. The molecule has 4 fully saturated rings. The molecule has 8 rings (SSSR count). The molecule has 3 saturated carbocycles. The largest absolute Gasteiger partial charge is 0.456 e. The van der Waals surface area contributed by atoms with Gasteiger partial charge in [-0.2, -0.15) is 0 Å². The third-order valence-electron chi connectivity index (χ3n) is 15.1. The lowest BCUT2D eigenvalue weighted by atomic mass is 9.44. The van der Waals surface area contributed by atoms with Crippen LogP contribution in [-0.2, 0) is 42.9 Å². The molecule has 5 aliphatic rings. The number of rotatable bonds is 11. The molecule has 1 saturated heterocycles. The summed E-state index contributed by atoms with van der Waals surface area (Å²) >= 11 is 0. The van der Waals surface area contributed by atoms with Crippen molar-refractivity contribution in [2.24, 2.45) is 22.7 Å². The first-order valence-corrected chi connectivity index (χ1v) is 22.6. The second kappa shape index (κ2) is 17.8. The number of amides is 1. The molecule has 11 unspecified atom stereocenters. The number of aliphatic hydroxyl groups is 3. The first-order chi connectivity index (χ1) is 31.3. The third-order valence-corrected chi connectivity index (χ3v) is 15.1. The molecule has 1 aliphatic heterocycles. The van der Waals surface area contributed by atoms with E-state index < -0.39 is 119 Å².